The Balaban J connectivity index is 3.28. The summed E-state index contributed by atoms with van der Waals surface area (Å²) in [5, 5.41) is 8.76. The van der Waals surface area contributed by atoms with Gasteiger partial charge >= 0.3 is 12.1 Å². The van der Waals surface area contributed by atoms with Crippen LogP contribution in [0.2, 0.25) is 0 Å². The van der Waals surface area contributed by atoms with E-state index in [4.69, 9.17) is 10.8 Å². The first-order valence-electron chi connectivity index (χ1n) is 5.46. The van der Waals surface area contributed by atoms with Crippen molar-refractivity contribution >= 4 is 5.97 Å². The number of rotatable bonds is 4. The Hall–Kier alpha value is -1.60. The Morgan fingerprint density at radius 2 is 2.05 bits per heavy atom. The van der Waals surface area contributed by atoms with E-state index in [2.05, 4.69) is 4.74 Å². The van der Waals surface area contributed by atoms with Crippen LogP contribution in [0.15, 0.2) is 18.2 Å². The van der Waals surface area contributed by atoms with Gasteiger partial charge in [-0.05, 0) is 30.2 Å². The van der Waals surface area contributed by atoms with Gasteiger partial charge in [-0.3, -0.25) is 0 Å². The molecule has 1 aromatic carbocycles. The molecule has 7 heteroatoms. The summed E-state index contributed by atoms with van der Waals surface area (Å²) < 4.78 is 42.6. The minimum atomic E-state index is -4.59. The summed E-state index contributed by atoms with van der Waals surface area (Å²) in [6.07, 6.45) is -4.49. The van der Waals surface area contributed by atoms with Gasteiger partial charge in [-0.25, -0.2) is 4.79 Å². The molecule has 0 radical (unpaired) electrons. The van der Waals surface area contributed by atoms with Gasteiger partial charge in [0.25, 0.3) is 0 Å². The van der Waals surface area contributed by atoms with Gasteiger partial charge in [-0.2, -0.15) is 13.2 Å². The molecule has 4 nitrogen and oxygen atoms in total. The zero-order valence-electron chi connectivity index (χ0n) is 10.2. The molecule has 3 N–H and O–H groups in total. The number of carbonyl (C=O) groups is 1. The fourth-order valence-electron chi connectivity index (χ4n) is 1.57. The van der Waals surface area contributed by atoms with Crippen LogP contribution in [-0.4, -0.2) is 24.8 Å². The average Bonchev–Trinajstić information content (AvgIpc) is 2.36. The predicted octanol–water partition coefficient (Wildman–Crippen LogP) is 1.87. The van der Waals surface area contributed by atoms with E-state index in [1.807, 2.05) is 0 Å². The molecular formula is C12H14F3NO3. The summed E-state index contributed by atoms with van der Waals surface area (Å²) in [6.45, 7) is -0.259. The zero-order chi connectivity index (χ0) is 14.6. The molecule has 0 unspecified atom stereocenters. The van der Waals surface area contributed by atoms with Crippen LogP contribution < -0.4 is 5.73 Å². The molecule has 106 valence electrons. The first-order valence-corrected chi connectivity index (χ1v) is 5.46. The maximum Gasteiger partial charge on any atom is 0.416 e. The summed E-state index contributed by atoms with van der Waals surface area (Å²) >= 11 is 0. The molecule has 1 rings (SSSR count). The maximum atomic E-state index is 12.7. The van der Waals surface area contributed by atoms with E-state index in [0.29, 0.717) is 6.07 Å². The number of carbonyl (C=O) groups excluding carboxylic acids is 1. The van der Waals surface area contributed by atoms with E-state index in [9.17, 15) is 18.0 Å². The summed E-state index contributed by atoms with van der Waals surface area (Å²) in [5.41, 5.74) is 4.58. The molecular weight excluding hydrogens is 263 g/mol. The van der Waals surface area contributed by atoms with Crippen molar-refractivity contribution in [3.8, 4) is 0 Å². The van der Waals surface area contributed by atoms with Crippen LogP contribution >= 0.6 is 0 Å². The van der Waals surface area contributed by atoms with E-state index >= 15 is 0 Å². The van der Waals surface area contributed by atoms with Gasteiger partial charge in [0, 0.05) is 12.6 Å². The highest BCUT2D eigenvalue weighted by atomic mass is 19.4. The Morgan fingerprint density at radius 3 is 2.53 bits per heavy atom. The fourth-order valence-corrected chi connectivity index (χ4v) is 1.57. The molecule has 0 fully saturated rings. The van der Waals surface area contributed by atoms with Gasteiger partial charge in [0.15, 0.2) is 0 Å². The third kappa shape index (κ3) is 3.93. The highest BCUT2D eigenvalue weighted by Crippen LogP contribution is 2.32. The van der Waals surface area contributed by atoms with Crippen LogP contribution in [0, 0.1) is 0 Å². The van der Waals surface area contributed by atoms with Crippen LogP contribution in [0.5, 0.6) is 0 Å². The third-order valence-electron chi connectivity index (χ3n) is 2.57. The van der Waals surface area contributed by atoms with Crippen molar-refractivity contribution in [2.75, 3.05) is 13.7 Å². The van der Waals surface area contributed by atoms with Crippen LogP contribution in [0.3, 0.4) is 0 Å². The van der Waals surface area contributed by atoms with Crippen molar-refractivity contribution < 1.29 is 27.8 Å². The first-order chi connectivity index (χ1) is 8.79. The predicted molar refractivity (Wildman–Crippen MR) is 61.4 cm³/mol. The number of alkyl halides is 3. The van der Waals surface area contributed by atoms with E-state index in [1.165, 1.54) is 6.07 Å². The number of aliphatic hydroxyl groups excluding tert-OH is 1. The van der Waals surface area contributed by atoms with Crippen molar-refractivity contribution in [3.63, 3.8) is 0 Å². The Bertz CT molecular complexity index is 460. The average molecular weight is 277 g/mol. The standard InChI is InChI=1S/C12H14F3NO3/c1-19-11(18)8-4-7(10(16)2-3-17)5-9(6-8)12(13,14)15/h4-6,10,17H,2-3,16H2,1H3/t10-/m0/s1. The molecule has 0 aliphatic rings. The molecule has 19 heavy (non-hydrogen) atoms. The molecule has 0 aliphatic heterocycles. The largest absolute Gasteiger partial charge is 0.465 e. The van der Waals surface area contributed by atoms with Gasteiger partial charge in [0.05, 0.1) is 18.2 Å². The number of nitrogens with two attached hydrogens (primary N) is 1. The monoisotopic (exact) mass is 277 g/mol. The topological polar surface area (TPSA) is 72.5 Å². The number of hydrogen-bond acceptors (Lipinski definition) is 4. The first kappa shape index (κ1) is 15.5. The number of esters is 1. The highest BCUT2D eigenvalue weighted by Gasteiger charge is 2.32. The second-order valence-electron chi connectivity index (χ2n) is 3.95. The Kier molecular flexibility index (Phi) is 4.90. The Labute approximate surface area is 108 Å². The van der Waals surface area contributed by atoms with Crippen molar-refractivity contribution in [1.82, 2.24) is 0 Å². The lowest BCUT2D eigenvalue weighted by atomic mass is 9.98. The molecule has 0 spiro atoms. The third-order valence-corrected chi connectivity index (χ3v) is 2.57. The summed E-state index contributed by atoms with van der Waals surface area (Å²) in [4.78, 5) is 11.3. The van der Waals surface area contributed by atoms with Crippen LogP contribution in [0.1, 0.15) is 33.9 Å². The van der Waals surface area contributed by atoms with Crippen LogP contribution in [0.4, 0.5) is 13.2 Å². The molecule has 0 saturated heterocycles. The zero-order valence-corrected chi connectivity index (χ0v) is 10.2. The molecule has 1 aromatic rings. The number of ether oxygens (including phenoxy) is 1. The lowest BCUT2D eigenvalue weighted by Crippen LogP contribution is -2.16. The van der Waals surface area contributed by atoms with Gasteiger partial charge in [0.1, 0.15) is 0 Å². The Morgan fingerprint density at radius 1 is 1.42 bits per heavy atom. The molecule has 0 saturated carbocycles. The molecule has 0 heterocycles. The van der Waals surface area contributed by atoms with Gasteiger partial charge in [-0.1, -0.05) is 0 Å². The number of aliphatic hydroxyl groups is 1. The van der Waals surface area contributed by atoms with Crippen molar-refractivity contribution in [2.45, 2.75) is 18.6 Å². The molecule has 0 aromatic heterocycles. The number of benzene rings is 1. The molecule has 0 bridgehead atoms. The second kappa shape index (κ2) is 6.03. The maximum absolute atomic E-state index is 12.7. The highest BCUT2D eigenvalue weighted by molar-refractivity contribution is 5.89. The van der Waals surface area contributed by atoms with Gasteiger partial charge < -0.3 is 15.6 Å². The summed E-state index contributed by atoms with van der Waals surface area (Å²) in [5.74, 6) is -0.872. The minimum absolute atomic E-state index is 0.0991. The lowest BCUT2D eigenvalue weighted by molar-refractivity contribution is -0.137. The summed E-state index contributed by atoms with van der Waals surface area (Å²) in [6, 6.07) is 2.03. The van der Waals surface area contributed by atoms with Crippen LogP contribution in [-0.2, 0) is 10.9 Å². The summed E-state index contributed by atoms with van der Waals surface area (Å²) in [7, 11) is 1.08. The smallest absolute Gasteiger partial charge is 0.416 e. The minimum Gasteiger partial charge on any atom is -0.465 e. The normalized spacial score (nSPS) is 13.2. The molecule has 0 aliphatic carbocycles. The van der Waals surface area contributed by atoms with Crippen LogP contribution in [0.25, 0.3) is 0 Å². The number of methoxy groups -OCH3 is 1. The number of halogens is 3. The fraction of sp³-hybridized carbons (Fsp3) is 0.417. The van der Waals surface area contributed by atoms with E-state index in [-0.39, 0.29) is 24.2 Å². The molecule has 1 atom stereocenters. The van der Waals surface area contributed by atoms with Crippen molar-refractivity contribution in [2.24, 2.45) is 5.73 Å². The van der Waals surface area contributed by atoms with Crippen molar-refractivity contribution in [1.29, 1.82) is 0 Å². The van der Waals surface area contributed by atoms with E-state index in [0.717, 1.165) is 13.2 Å². The van der Waals surface area contributed by atoms with E-state index in [1.54, 1.807) is 0 Å². The van der Waals surface area contributed by atoms with Gasteiger partial charge in [0.2, 0.25) is 0 Å². The SMILES string of the molecule is COC(=O)c1cc([C@@H](N)CCO)cc(C(F)(F)F)c1. The second-order valence-corrected chi connectivity index (χ2v) is 3.95. The molecule has 0 amide bonds. The van der Waals surface area contributed by atoms with E-state index < -0.39 is 23.8 Å². The number of hydrogen-bond donors (Lipinski definition) is 2. The van der Waals surface area contributed by atoms with Crippen molar-refractivity contribution in [3.05, 3.63) is 34.9 Å². The quantitative estimate of drug-likeness (QED) is 0.824. The lowest BCUT2D eigenvalue weighted by Gasteiger charge is -2.15. The van der Waals surface area contributed by atoms with Gasteiger partial charge in [-0.15, -0.1) is 0 Å².